The summed E-state index contributed by atoms with van der Waals surface area (Å²) in [5.74, 6) is 4.59. The molecule has 0 saturated heterocycles. The second-order valence-corrected chi connectivity index (χ2v) is 8.04. The van der Waals surface area contributed by atoms with E-state index in [-0.39, 0.29) is 6.04 Å². The number of hydrogen-bond acceptors (Lipinski definition) is 5. The molecule has 0 amide bonds. The normalized spacial score (nSPS) is 14.9. The van der Waals surface area contributed by atoms with Gasteiger partial charge in [0, 0.05) is 33.0 Å². The first-order valence-corrected chi connectivity index (χ1v) is 11.9. The largest absolute Gasteiger partial charge is 0.490 e. The van der Waals surface area contributed by atoms with Crippen LogP contribution in [-0.4, -0.2) is 47.5 Å². The van der Waals surface area contributed by atoms with Gasteiger partial charge in [-0.05, 0) is 57.7 Å². The molecule has 1 aliphatic rings. The Hall–Kier alpha value is -2.77. The molecule has 0 saturated carbocycles. The molecule has 1 aliphatic heterocycles. The Morgan fingerprint density at radius 3 is 2.72 bits per heavy atom. The second kappa shape index (κ2) is 12.3. The van der Waals surface area contributed by atoms with Crippen LogP contribution in [0.1, 0.15) is 69.7 Å². The summed E-state index contributed by atoms with van der Waals surface area (Å²) >= 11 is 0. The molecule has 2 N–H and O–H groups in total. The van der Waals surface area contributed by atoms with Crippen LogP contribution in [0.15, 0.2) is 23.2 Å². The van der Waals surface area contributed by atoms with E-state index in [2.05, 4.69) is 43.4 Å². The van der Waals surface area contributed by atoms with Crippen LogP contribution in [0.2, 0.25) is 0 Å². The first-order valence-electron chi connectivity index (χ1n) is 11.9. The molecule has 1 aromatic carbocycles. The fraction of sp³-hybridized carbons (Fsp3) is 0.625. The van der Waals surface area contributed by atoms with Crippen molar-refractivity contribution in [1.29, 1.82) is 0 Å². The number of aromatic nitrogens is 3. The molecule has 0 spiro atoms. The Morgan fingerprint density at radius 1 is 1.12 bits per heavy atom. The molecule has 32 heavy (non-hydrogen) atoms. The zero-order valence-corrected chi connectivity index (χ0v) is 20.0. The summed E-state index contributed by atoms with van der Waals surface area (Å²) in [6.07, 6.45) is 6.68. The minimum Gasteiger partial charge on any atom is -0.490 e. The van der Waals surface area contributed by atoms with Crippen LogP contribution >= 0.6 is 0 Å². The molecule has 2 aromatic rings. The number of fused-ring (bicyclic) bond motifs is 1. The van der Waals surface area contributed by atoms with Gasteiger partial charge in [0.05, 0.1) is 19.3 Å². The summed E-state index contributed by atoms with van der Waals surface area (Å²) in [5.41, 5.74) is 1.12. The zero-order chi connectivity index (χ0) is 22.8. The van der Waals surface area contributed by atoms with Gasteiger partial charge in [-0.15, -0.1) is 10.2 Å². The summed E-state index contributed by atoms with van der Waals surface area (Å²) in [4.78, 5) is 4.38. The number of ether oxygens (including phenoxy) is 2. The topological polar surface area (TPSA) is 85.6 Å². The maximum absolute atomic E-state index is 5.76. The average molecular weight is 443 g/mol. The predicted octanol–water partition coefficient (Wildman–Crippen LogP) is 3.66. The number of aryl methyl sites for hydroxylation is 2. The highest BCUT2D eigenvalue weighted by Gasteiger charge is 2.15. The lowest BCUT2D eigenvalue weighted by molar-refractivity contribution is 0.287. The maximum atomic E-state index is 5.76. The number of guanidine groups is 1. The molecule has 176 valence electrons. The molecule has 0 radical (unpaired) electrons. The van der Waals surface area contributed by atoms with Gasteiger partial charge in [0.1, 0.15) is 11.6 Å². The molecule has 0 aliphatic carbocycles. The van der Waals surface area contributed by atoms with Crippen molar-refractivity contribution < 1.29 is 9.47 Å². The Bertz CT molecular complexity index is 879. The van der Waals surface area contributed by atoms with Gasteiger partial charge in [0.2, 0.25) is 0 Å². The molecule has 8 nitrogen and oxygen atoms in total. The van der Waals surface area contributed by atoms with E-state index in [1.807, 2.05) is 26.0 Å². The molecular formula is C24H38N6O2. The van der Waals surface area contributed by atoms with Crippen LogP contribution in [0.4, 0.5) is 0 Å². The number of aliphatic imine (C=N–C) groups is 1. The first-order chi connectivity index (χ1) is 15.7. The first kappa shape index (κ1) is 23.9. The smallest absolute Gasteiger partial charge is 0.191 e. The fourth-order valence-electron chi connectivity index (χ4n) is 4.00. The van der Waals surface area contributed by atoms with Crippen LogP contribution in [0, 0.1) is 0 Å². The summed E-state index contributed by atoms with van der Waals surface area (Å²) in [7, 11) is 1.80. The van der Waals surface area contributed by atoms with Gasteiger partial charge < -0.3 is 24.7 Å². The lowest BCUT2D eigenvalue weighted by atomic mass is 10.1. The number of benzene rings is 1. The molecular weight excluding hydrogens is 404 g/mol. The van der Waals surface area contributed by atoms with E-state index in [1.165, 1.54) is 19.3 Å². The van der Waals surface area contributed by atoms with Crippen LogP contribution in [-0.2, 0) is 19.4 Å². The van der Waals surface area contributed by atoms with Crippen molar-refractivity contribution in [3.63, 3.8) is 0 Å². The van der Waals surface area contributed by atoms with Gasteiger partial charge >= 0.3 is 0 Å². The van der Waals surface area contributed by atoms with Crippen molar-refractivity contribution >= 4 is 5.96 Å². The van der Waals surface area contributed by atoms with Gasteiger partial charge in [0.15, 0.2) is 17.5 Å². The van der Waals surface area contributed by atoms with Gasteiger partial charge in [-0.25, -0.2) is 0 Å². The van der Waals surface area contributed by atoms with Gasteiger partial charge in [-0.2, -0.15) is 0 Å². The number of nitrogens with one attached hydrogen (secondary N) is 2. The number of nitrogens with zero attached hydrogens (tertiary/aromatic N) is 4. The maximum Gasteiger partial charge on any atom is 0.191 e. The summed E-state index contributed by atoms with van der Waals surface area (Å²) in [6, 6.07) is 6.15. The minimum atomic E-state index is 0.0725. The molecule has 0 bridgehead atoms. The third-order valence-electron chi connectivity index (χ3n) is 5.70. The van der Waals surface area contributed by atoms with Crippen molar-refractivity contribution in [2.24, 2.45) is 4.99 Å². The van der Waals surface area contributed by atoms with Crippen molar-refractivity contribution in [3.8, 4) is 11.5 Å². The fourth-order valence-corrected chi connectivity index (χ4v) is 4.00. The number of hydrogen-bond donors (Lipinski definition) is 2. The Kier molecular flexibility index (Phi) is 9.19. The van der Waals surface area contributed by atoms with E-state index in [0.29, 0.717) is 13.2 Å². The molecule has 3 rings (SSSR count). The second-order valence-electron chi connectivity index (χ2n) is 8.04. The SMILES string of the molecule is CCOc1ccc(C(C)NC(=NC)NCCCc2nnc3n2CCCCC3)cc1OCC. The zero-order valence-electron chi connectivity index (χ0n) is 20.0. The van der Waals surface area contributed by atoms with Crippen LogP contribution in [0.5, 0.6) is 11.5 Å². The van der Waals surface area contributed by atoms with E-state index in [9.17, 15) is 0 Å². The van der Waals surface area contributed by atoms with Gasteiger partial charge in [-0.1, -0.05) is 12.5 Å². The van der Waals surface area contributed by atoms with Crippen molar-refractivity contribution in [3.05, 3.63) is 35.4 Å². The summed E-state index contributed by atoms with van der Waals surface area (Å²) in [5, 5.41) is 15.7. The average Bonchev–Trinajstić information content (AvgIpc) is 3.02. The Balaban J connectivity index is 1.50. The van der Waals surface area contributed by atoms with Gasteiger partial charge in [0.25, 0.3) is 0 Å². The lowest BCUT2D eigenvalue weighted by Gasteiger charge is -2.20. The van der Waals surface area contributed by atoms with E-state index in [0.717, 1.165) is 67.0 Å². The predicted molar refractivity (Wildman–Crippen MR) is 128 cm³/mol. The highest BCUT2D eigenvalue weighted by Crippen LogP contribution is 2.30. The third kappa shape index (κ3) is 6.37. The standard InChI is InChI=1S/C24H38N6O2/c1-5-31-20-14-13-19(17-21(20)32-6-2)18(3)27-24(25-4)26-15-10-12-23-29-28-22-11-8-7-9-16-30(22)23/h13-14,17-18H,5-12,15-16H2,1-4H3,(H2,25,26,27). The quantitative estimate of drug-likeness (QED) is 0.332. The van der Waals surface area contributed by atoms with Crippen LogP contribution in [0.3, 0.4) is 0 Å². The highest BCUT2D eigenvalue weighted by atomic mass is 16.5. The van der Waals surface area contributed by atoms with Crippen molar-refractivity contribution in [2.75, 3.05) is 26.8 Å². The number of rotatable bonds is 10. The Morgan fingerprint density at radius 2 is 1.94 bits per heavy atom. The molecule has 2 heterocycles. The van der Waals surface area contributed by atoms with E-state index in [1.54, 1.807) is 7.05 Å². The van der Waals surface area contributed by atoms with E-state index < -0.39 is 0 Å². The summed E-state index contributed by atoms with van der Waals surface area (Å²) in [6.45, 7) is 9.16. The Labute approximate surface area is 191 Å². The minimum absolute atomic E-state index is 0.0725. The lowest BCUT2D eigenvalue weighted by Crippen LogP contribution is -2.39. The molecule has 0 fully saturated rings. The highest BCUT2D eigenvalue weighted by molar-refractivity contribution is 5.80. The van der Waals surface area contributed by atoms with Crippen molar-refractivity contribution in [1.82, 2.24) is 25.4 Å². The van der Waals surface area contributed by atoms with Crippen LogP contribution < -0.4 is 20.1 Å². The van der Waals surface area contributed by atoms with Crippen LogP contribution in [0.25, 0.3) is 0 Å². The third-order valence-corrected chi connectivity index (χ3v) is 5.70. The molecule has 1 atom stereocenters. The van der Waals surface area contributed by atoms with E-state index in [4.69, 9.17) is 9.47 Å². The molecule has 1 unspecified atom stereocenters. The van der Waals surface area contributed by atoms with Crippen molar-refractivity contribution in [2.45, 2.75) is 71.9 Å². The summed E-state index contributed by atoms with van der Waals surface area (Å²) < 4.78 is 13.8. The monoisotopic (exact) mass is 442 g/mol. The van der Waals surface area contributed by atoms with Gasteiger partial charge in [-0.3, -0.25) is 4.99 Å². The molecule has 8 heteroatoms. The molecule has 1 aromatic heterocycles. The van der Waals surface area contributed by atoms with E-state index >= 15 is 0 Å².